The highest BCUT2D eigenvalue weighted by Crippen LogP contribution is 2.39. The molecule has 0 aromatic heterocycles. The van der Waals surface area contributed by atoms with Crippen molar-refractivity contribution < 1.29 is 14.1 Å². The Hall–Kier alpha value is -1.70. The van der Waals surface area contributed by atoms with Crippen molar-refractivity contribution in [2.75, 3.05) is 18.0 Å². The summed E-state index contributed by atoms with van der Waals surface area (Å²) in [6.45, 7) is 0.783. The number of nitrogens with zero attached hydrogens (tertiary/aromatic N) is 2. The topological polar surface area (TPSA) is 89.5 Å². The summed E-state index contributed by atoms with van der Waals surface area (Å²) in [4.78, 5) is 23.4. The molecule has 8 heteroatoms. The van der Waals surface area contributed by atoms with Gasteiger partial charge in [0.15, 0.2) is 0 Å². The lowest BCUT2D eigenvalue weighted by Crippen LogP contribution is -2.41. The number of amides is 1. The first kappa shape index (κ1) is 14.7. The van der Waals surface area contributed by atoms with Gasteiger partial charge in [0.25, 0.3) is 5.69 Å². The molecular formula is C12H13BrFN3O3. The maximum absolute atomic E-state index is 13.6. The molecule has 2 N–H and O–H groups in total. The largest absolute Gasteiger partial charge is 0.369 e. The third kappa shape index (κ3) is 2.74. The van der Waals surface area contributed by atoms with E-state index in [2.05, 4.69) is 15.9 Å². The molecule has 0 spiro atoms. The van der Waals surface area contributed by atoms with Gasteiger partial charge in [-0.25, -0.2) is 4.39 Å². The van der Waals surface area contributed by atoms with Crippen LogP contribution in [-0.4, -0.2) is 23.9 Å². The van der Waals surface area contributed by atoms with Crippen LogP contribution >= 0.6 is 15.9 Å². The van der Waals surface area contributed by atoms with Crippen molar-refractivity contribution >= 4 is 33.2 Å². The summed E-state index contributed by atoms with van der Waals surface area (Å²) in [6.07, 6.45) is 1.32. The second-order valence-corrected chi connectivity index (χ2v) is 5.47. The fraction of sp³-hybridized carbons (Fsp3) is 0.417. The van der Waals surface area contributed by atoms with Crippen molar-refractivity contribution in [3.63, 3.8) is 0 Å². The number of hydrogen-bond donors (Lipinski definition) is 1. The molecule has 1 fully saturated rings. The number of primary amides is 1. The zero-order chi connectivity index (χ0) is 14.9. The van der Waals surface area contributed by atoms with Crippen LogP contribution in [-0.2, 0) is 4.79 Å². The van der Waals surface area contributed by atoms with E-state index in [1.54, 1.807) is 4.90 Å². The first-order chi connectivity index (χ1) is 9.41. The number of hydrogen-bond acceptors (Lipinski definition) is 4. The first-order valence-electron chi connectivity index (χ1n) is 6.08. The number of nitrogens with two attached hydrogens (primary N) is 1. The fourth-order valence-corrected chi connectivity index (χ4v) is 2.98. The molecule has 1 aromatic carbocycles. The van der Waals surface area contributed by atoms with Gasteiger partial charge in [-0.15, -0.1) is 0 Å². The molecule has 2 rings (SSSR count). The third-order valence-corrected chi connectivity index (χ3v) is 4.14. The third-order valence-electron chi connectivity index (χ3n) is 3.38. The summed E-state index contributed by atoms with van der Waals surface area (Å²) < 4.78 is 13.7. The Kier molecular flexibility index (Phi) is 4.22. The van der Waals surface area contributed by atoms with E-state index in [4.69, 9.17) is 5.73 Å². The highest BCUT2D eigenvalue weighted by Gasteiger charge is 2.30. The molecule has 1 aromatic rings. The van der Waals surface area contributed by atoms with Crippen molar-refractivity contribution in [2.45, 2.75) is 12.8 Å². The minimum absolute atomic E-state index is 0.0387. The Morgan fingerprint density at radius 1 is 1.55 bits per heavy atom. The molecule has 0 radical (unpaired) electrons. The van der Waals surface area contributed by atoms with Crippen molar-refractivity contribution in [1.29, 1.82) is 0 Å². The van der Waals surface area contributed by atoms with Gasteiger partial charge in [-0.3, -0.25) is 14.9 Å². The maximum atomic E-state index is 13.6. The predicted octanol–water partition coefficient (Wildman–Crippen LogP) is 2.20. The summed E-state index contributed by atoms with van der Waals surface area (Å²) in [5.74, 6) is -1.39. The van der Waals surface area contributed by atoms with Gasteiger partial charge in [-0.1, -0.05) is 0 Å². The fourth-order valence-electron chi connectivity index (χ4n) is 2.39. The van der Waals surface area contributed by atoms with E-state index in [9.17, 15) is 19.3 Å². The second kappa shape index (κ2) is 5.74. The monoisotopic (exact) mass is 345 g/mol. The Labute approximate surface area is 123 Å². The molecule has 0 bridgehead atoms. The van der Waals surface area contributed by atoms with Crippen LogP contribution in [0.15, 0.2) is 16.6 Å². The highest BCUT2D eigenvalue weighted by molar-refractivity contribution is 9.10. The van der Waals surface area contributed by atoms with E-state index in [1.165, 1.54) is 0 Å². The van der Waals surface area contributed by atoms with E-state index in [-0.39, 0.29) is 28.3 Å². The smallest absolute Gasteiger partial charge is 0.293 e. The highest BCUT2D eigenvalue weighted by atomic mass is 79.9. The molecule has 1 aliphatic rings. The molecule has 1 amide bonds. The van der Waals surface area contributed by atoms with Gasteiger partial charge in [0.1, 0.15) is 11.5 Å². The predicted molar refractivity (Wildman–Crippen MR) is 74.9 cm³/mol. The van der Waals surface area contributed by atoms with Gasteiger partial charge < -0.3 is 10.6 Å². The summed E-state index contributed by atoms with van der Waals surface area (Å²) >= 11 is 3.05. The second-order valence-electron chi connectivity index (χ2n) is 4.67. The van der Waals surface area contributed by atoms with Crippen LogP contribution in [0.2, 0.25) is 0 Å². The number of anilines is 1. The Bertz CT molecular complexity index is 567. The van der Waals surface area contributed by atoms with Crippen LogP contribution in [0, 0.1) is 21.8 Å². The summed E-state index contributed by atoms with van der Waals surface area (Å²) in [5.41, 5.74) is 5.26. The van der Waals surface area contributed by atoms with Gasteiger partial charge in [-0.2, -0.15) is 0 Å². The van der Waals surface area contributed by atoms with Crippen molar-refractivity contribution in [3.05, 3.63) is 32.5 Å². The molecular weight excluding hydrogens is 333 g/mol. The van der Waals surface area contributed by atoms with Crippen LogP contribution < -0.4 is 10.6 Å². The normalized spacial score (nSPS) is 18.9. The quantitative estimate of drug-likeness (QED) is 0.671. The van der Waals surface area contributed by atoms with E-state index < -0.39 is 16.6 Å². The SMILES string of the molecule is NC(=O)[C@H]1CCCN(c2c([N+](=O)[O-])ccc(F)c2Br)C1. The molecule has 0 aliphatic carbocycles. The van der Waals surface area contributed by atoms with E-state index in [1.807, 2.05) is 0 Å². The molecule has 108 valence electrons. The van der Waals surface area contributed by atoms with Crippen LogP contribution in [0.3, 0.4) is 0 Å². The summed E-state index contributed by atoms with van der Waals surface area (Å²) in [6, 6.07) is 2.17. The van der Waals surface area contributed by atoms with Crippen molar-refractivity contribution in [3.8, 4) is 0 Å². The number of piperidine rings is 1. The van der Waals surface area contributed by atoms with Crippen LogP contribution in [0.1, 0.15) is 12.8 Å². The molecule has 1 saturated heterocycles. The van der Waals surface area contributed by atoms with Gasteiger partial charge in [0.05, 0.1) is 15.3 Å². The first-order valence-corrected chi connectivity index (χ1v) is 6.87. The van der Waals surface area contributed by atoms with Gasteiger partial charge in [0.2, 0.25) is 5.91 Å². The Morgan fingerprint density at radius 2 is 2.25 bits per heavy atom. The Morgan fingerprint density at radius 3 is 2.85 bits per heavy atom. The maximum Gasteiger partial charge on any atom is 0.293 e. The van der Waals surface area contributed by atoms with E-state index in [0.29, 0.717) is 19.4 Å². The molecule has 20 heavy (non-hydrogen) atoms. The van der Waals surface area contributed by atoms with Gasteiger partial charge in [0, 0.05) is 19.2 Å². The van der Waals surface area contributed by atoms with Crippen molar-refractivity contribution in [2.24, 2.45) is 11.7 Å². The lowest BCUT2D eigenvalue weighted by molar-refractivity contribution is -0.384. The molecule has 6 nitrogen and oxygen atoms in total. The average molecular weight is 346 g/mol. The molecule has 1 heterocycles. The zero-order valence-electron chi connectivity index (χ0n) is 10.5. The Balaban J connectivity index is 2.43. The summed E-state index contributed by atoms with van der Waals surface area (Å²) in [7, 11) is 0. The van der Waals surface area contributed by atoms with Crippen LogP contribution in [0.5, 0.6) is 0 Å². The number of carbonyl (C=O) groups is 1. The van der Waals surface area contributed by atoms with E-state index in [0.717, 1.165) is 12.1 Å². The summed E-state index contributed by atoms with van der Waals surface area (Å²) in [5, 5.41) is 11.1. The molecule has 0 saturated carbocycles. The van der Waals surface area contributed by atoms with Gasteiger partial charge in [-0.05, 0) is 34.8 Å². The number of nitro groups is 1. The van der Waals surface area contributed by atoms with Crippen LogP contribution in [0.4, 0.5) is 15.8 Å². The van der Waals surface area contributed by atoms with Gasteiger partial charge >= 0.3 is 0 Å². The number of nitro benzene ring substituents is 1. The van der Waals surface area contributed by atoms with E-state index >= 15 is 0 Å². The molecule has 1 atom stereocenters. The lowest BCUT2D eigenvalue weighted by Gasteiger charge is -2.33. The standard InChI is InChI=1S/C12H13BrFN3O3/c13-10-8(14)3-4-9(17(19)20)11(10)16-5-1-2-7(6-16)12(15)18/h3-4,7H,1-2,5-6H2,(H2,15,18)/t7-/m0/s1. The number of carbonyl (C=O) groups excluding carboxylic acids is 1. The molecule has 1 aliphatic heterocycles. The minimum Gasteiger partial charge on any atom is -0.369 e. The number of benzene rings is 1. The lowest BCUT2D eigenvalue weighted by atomic mass is 9.97. The average Bonchev–Trinajstić information content (AvgIpc) is 2.41. The zero-order valence-corrected chi connectivity index (χ0v) is 12.1. The minimum atomic E-state index is -0.577. The number of halogens is 2. The number of rotatable bonds is 3. The van der Waals surface area contributed by atoms with Crippen molar-refractivity contribution in [1.82, 2.24) is 0 Å². The molecule has 0 unspecified atom stereocenters. The van der Waals surface area contributed by atoms with Crippen LogP contribution in [0.25, 0.3) is 0 Å².